The molecule has 1 N–H and O–H groups in total. The summed E-state index contributed by atoms with van der Waals surface area (Å²) in [5.74, 6) is -0.292. The maximum atomic E-state index is 13.4. The highest BCUT2D eigenvalue weighted by atomic mass is 19.1. The molecule has 1 aromatic heterocycles. The van der Waals surface area contributed by atoms with Crippen molar-refractivity contribution in [3.05, 3.63) is 53.1 Å². The molecule has 0 fully saturated rings. The summed E-state index contributed by atoms with van der Waals surface area (Å²) in [6.07, 6.45) is -0.532. The molecule has 0 amide bonds. The minimum absolute atomic E-state index is 0.239. The third-order valence-electron chi connectivity index (χ3n) is 2.85. The Balaban J connectivity index is 2.17. The molecule has 1 unspecified atom stereocenters. The second kappa shape index (κ2) is 4.67. The van der Waals surface area contributed by atoms with E-state index in [0.29, 0.717) is 11.3 Å². The molecular formula is C13H15FN2O. The summed E-state index contributed by atoms with van der Waals surface area (Å²) in [5, 5.41) is 14.2. The number of nitrogens with zero attached hydrogens (tertiary/aromatic N) is 2. The van der Waals surface area contributed by atoms with Gasteiger partial charge in [-0.05, 0) is 24.6 Å². The third kappa shape index (κ3) is 2.53. The van der Waals surface area contributed by atoms with Crippen LogP contribution in [0.2, 0.25) is 0 Å². The number of aromatic nitrogens is 2. The molecule has 0 radical (unpaired) electrons. The van der Waals surface area contributed by atoms with Crippen LogP contribution in [0, 0.1) is 12.7 Å². The van der Waals surface area contributed by atoms with Gasteiger partial charge in [0, 0.05) is 19.2 Å². The highest BCUT2D eigenvalue weighted by Crippen LogP contribution is 2.19. The molecule has 2 rings (SSSR count). The van der Waals surface area contributed by atoms with E-state index in [4.69, 9.17) is 0 Å². The Labute approximate surface area is 99.5 Å². The highest BCUT2D eigenvalue weighted by Gasteiger charge is 2.14. The van der Waals surface area contributed by atoms with E-state index in [2.05, 4.69) is 5.10 Å². The first-order valence-electron chi connectivity index (χ1n) is 5.50. The molecule has 0 saturated heterocycles. The van der Waals surface area contributed by atoms with Gasteiger partial charge in [-0.1, -0.05) is 18.2 Å². The third-order valence-corrected chi connectivity index (χ3v) is 2.85. The fourth-order valence-corrected chi connectivity index (χ4v) is 1.73. The number of hydrogen-bond acceptors (Lipinski definition) is 2. The molecule has 0 aliphatic rings. The second-order valence-electron chi connectivity index (χ2n) is 4.15. The number of aliphatic hydroxyl groups is 1. The van der Waals surface area contributed by atoms with Crippen molar-refractivity contribution in [3.8, 4) is 0 Å². The van der Waals surface area contributed by atoms with Crippen LogP contribution in [0.5, 0.6) is 0 Å². The summed E-state index contributed by atoms with van der Waals surface area (Å²) in [6, 6.07) is 8.27. The van der Waals surface area contributed by atoms with Crippen molar-refractivity contribution in [1.82, 2.24) is 9.78 Å². The normalized spacial score (nSPS) is 12.7. The molecule has 1 atom stereocenters. The Kier molecular flexibility index (Phi) is 3.24. The van der Waals surface area contributed by atoms with Crippen LogP contribution in [0.3, 0.4) is 0 Å². The lowest BCUT2D eigenvalue weighted by molar-refractivity contribution is 0.171. The van der Waals surface area contributed by atoms with E-state index in [1.807, 2.05) is 20.0 Å². The van der Waals surface area contributed by atoms with Crippen LogP contribution < -0.4 is 0 Å². The molecule has 3 nitrogen and oxygen atoms in total. The van der Waals surface area contributed by atoms with Gasteiger partial charge in [0.05, 0.1) is 5.69 Å². The first kappa shape index (κ1) is 11.8. The van der Waals surface area contributed by atoms with Crippen molar-refractivity contribution < 1.29 is 9.50 Å². The molecular weight excluding hydrogens is 219 g/mol. The molecule has 1 aromatic carbocycles. The molecule has 4 heteroatoms. The zero-order valence-corrected chi connectivity index (χ0v) is 9.89. The minimum atomic E-state index is -0.771. The van der Waals surface area contributed by atoms with E-state index < -0.39 is 6.10 Å². The van der Waals surface area contributed by atoms with Crippen molar-refractivity contribution in [3.63, 3.8) is 0 Å². The van der Waals surface area contributed by atoms with E-state index in [0.717, 1.165) is 5.69 Å². The number of benzene rings is 1. The van der Waals surface area contributed by atoms with Gasteiger partial charge in [-0.3, -0.25) is 4.68 Å². The number of rotatable bonds is 3. The largest absolute Gasteiger partial charge is 0.386 e. The number of aliphatic hydroxyl groups excluding tert-OH is 1. The number of halogens is 1. The molecule has 0 saturated carbocycles. The van der Waals surface area contributed by atoms with Gasteiger partial charge in [-0.15, -0.1) is 0 Å². The molecule has 90 valence electrons. The maximum Gasteiger partial charge on any atom is 0.126 e. The summed E-state index contributed by atoms with van der Waals surface area (Å²) < 4.78 is 15.1. The quantitative estimate of drug-likeness (QED) is 0.883. The maximum absolute atomic E-state index is 13.4. The summed E-state index contributed by atoms with van der Waals surface area (Å²) in [6.45, 7) is 1.91. The molecule has 2 aromatic rings. The second-order valence-corrected chi connectivity index (χ2v) is 4.15. The lowest BCUT2D eigenvalue weighted by Crippen LogP contribution is -2.05. The van der Waals surface area contributed by atoms with Crippen molar-refractivity contribution in [2.75, 3.05) is 0 Å². The molecule has 0 bridgehead atoms. The van der Waals surface area contributed by atoms with E-state index in [9.17, 15) is 9.50 Å². The number of hydrogen-bond donors (Lipinski definition) is 1. The van der Waals surface area contributed by atoms with E-state index >= 15 is 0 Å². The van der Waals surface area contributed by atoms with Crippen LogP contribution >= 0.6 is 0 Å². The lowest BCUT2D eigenvalue weighted by Gasteiger charge is -2.08. The van der Waals surface area contributed by atoms with Crippen molar-refractivity contribution in [2.45, 2.75) is 19.4 Å². The van der Waals surface area contributed by atoms with Crippen LogP contribution in [-0.2, 0) is 13.5 Å². The summed E-state index contributed by atoms with van der Waals surface area (Å²) in [5.41, 5.74) is 2.05. The molecule has 17 heavy (non-hydrogen) atoms. The van der Waals surface area contributed by atoms with Gasteiger partial charge in [0.25, 0.3) is 0 Å². The predicted octanol–water partition coefficient (Wildman–Crippen LogP) is 2.14. The Morgan fingerprint density at radius 1 is 1.41 bits per heavy atom. The van der Waals surface area contributed by atoms with E-state index in [1.54, 1.807) is 22.9 Å². The summed E-state index contributed by atoms with van der Waals surface area (Å²) >= 11 is 0. The molecule has 1 heterocycles. The van der Waals surface area contributed by atoms with Crippen LogP contribution in [0.25, 0.3) is 0 Å². The SMILES string of the molecule is Cc1cc(C(O)Cc2ccccc2F)nn1C. The Hall–Kier alpha value is -1.68. The van der Waals surface area contributed by atoms with Crippen LogP contribution in [0.4, 0.5) is 4.39 Å². The minimum Gasteiger partial charge on any atom is -0.386 e. The topological polar surface area (TPSA) is 38.1 Å². The monoisotopic (exact) mass is 234 g/mol. The molecule has 0 spiro atoms. The van der Waals surface area contributed by atoms with Gasteiger partial charge in [-0.25, -0.2) is 4.39 Å². The van der Waals surface area contributed by atoms with E-state index in [1.165, 1.54) is 6.07 Å². The highest BCUT2D eigenvalue weighted by molar-refractivity contribution is 5.20. The first-order valence-corrected chi connectivity index (χ1v) is 5.50. The van der Waals surface area contributed by atoms with Crippen molar-refractivity contribution in [2.24, 2.45) is 7.05 Å². The van der Waals surface area contributed by atoms with Gasteiger partial charge in [0.15, 0.2) is 0 Å². The van der Waals surface area contributed by atoms with Crippen LogP contribution in [0.1, 0.15) is 23.1 Å². The fourth-order valence-electron chi connectivity index (χ4n) is 1.73. The van der Waals surface area contributed by atoms with Gasteiger partial charge < -0.3 is 5.11 Å². The van der Waals surface area contributed by atoms with Gasteiger partial charge in [-0.2, -0.15) is 5.10 Å². The predicted molar refractivity (Wildman–Crippen MR) is 63.0 cm³/mol. The molecule has 0 aliphatic carbocycles. The summed E-state index contributed by atoms with van der Waals surface area (Å²) in [4.78, 5) is 0. The number of aryl methyl sites for hydroxylation is 2. The van der Waals surface area contributed by atoms with Crippen LogP contribution in [0.15, 0.2) is 30.3 Å². The van der Waals surface area contributed by atoms with Crippen molar-refractivity contribution >= 4 is 0 Å². The first-order chi connectivity index (χ1) is 8.08. The average Bonchev–Trinajstić information content (AvgIpc) is 2.63. The standard InChI is InChI=1S/C13H15FN2O/c1-9-7-12(15-16(9)2)13(17)8-10-5-3-4-6-11(10)14/h3-7,13,17H,8H2,1-2H3. The Bertz CT molecular complexity index is 502. The van der Waals surface area contributed by atoms with Gasteiger partial charge in [0.1, 0.15) is 11.9 Å². The smallest absolute Gasteiger partial charge is 0.126 e. The van der Waals surface area contributed by atoms with Gasteiger partial charge in [0.2, 0.25) is 0 Å². The molecule has 0 aliphatic heterocycles. The zero-order chi connectivity index (χ0) is 12.4. The van der Waals surface area contributed by atoms with Crippen molar-refractivity contribution in [1.29, 1.82) is 0 Å². The van der Waals surface area contributed by atoms with E-state index in [-0.39, 0.29) is 12.2 Å². The Morgan fingerprint density at radius 3 is 2.71 bits per heavy atom. The lowest BCUT2D eigenvalue weighted by atomic mass is 10.1. The Morgan fingerprint density at radius 2 is 2.12 bits per heavy atom. The summed E-state index contributed by atoms with van der Waals surface area (Å²) in [7, 11) is 1.81. The fraction of sp³-hybridized carbons (Fsp3) is 0.308. The van der Waals surface area contributed by atoms with Gasteiger partial charge >= 0.3 is 0 Å². The average molecular weight is 234 g/mol. The van der Waals surface area contributed by atoms with Crippen LogP contribution in [-0.4, -0.2) is 14.9 Å². The zero-order valence-electron chi connectivity index (χ0n) is 9.89.